The summed E-state index contributed by atoms with van der Waals surface area (Å²) in [6.45, 7) is 3.38. The molecule has 1 amide bonds. The van der Waals surface area contributed by atoms with Crippen molar-refractivity contribution in [3.8, 4) is 0 Å². The van der Waals surface area contributed by atoms with Crippen molar-refractivity contribution in [2.45, 2.75) is 68.5 Å². The Balaban J connectivity index is 1.62. The largest absolute Gasteiger partial charge is 0.358 e. The van der Waals surface area contributed by atoms with E-state index in [1.807, 2.05) is 22.9 Å². The monoisotopic (exact) mass is 508 g/mol. The molecule has 1 unspecified atom stereocenters. The lowest BCUT2D eigenvalue weighted by Gasteiger charge is -2.52. The minimum atomic E-state index is -3.11. The molecule has 1 atom stereocenters. The van der Waals surface area contributed by atoms with Gasteiger partial charge in [-0.05, 0) is 74.0 Å². The van der Waals surface area contributed by atoms with E-state index < -0.39 is 11.2 Å². The number of anilines is 1. The first-order valence-electron chi connectivity index (χ1n) is 12.4. The van der Waals surface area contributed by atoms with E-state index >= 15 is 0 Å². The van der Waals surface area contributed by atoms with Gasteiger partial charge in [-0.2, -0.15) is 13.9 Å². The second-order valence-corrected chi connectivity index (χ2v) is 11.3. The van der Waals surface area contributed by atoms with Gasteiger partial charge in [0.2, 0.25) is 6.41 Å². The molecule has 4 rings (SSSR count). The van der Waals surface area contributed by atoms with E-state index in [0.717, 1.165) is 63.5 Å². The van der Waals surface area contributed by atoms with E-state index in [0.29, 0.717) is 18.3 Å². The second-order valence-electron chi connectivity index (χ2n) is 10.6. The third-order valence-corrected chi connectivity index (χ3v) is 8.55. The minimum absolute atomic E-state index is 0.139. The first kappa shape index (κ1) is 26.0. The van der Waals surface area contributed by atoms with Crippen molar-refractivity contribution < 1.29 is 18.0 Å². The van der Waals surface area contributed by atoms with Gasteiger partial charge >= 0.3 is 5.66 Å². The first-order chi connectivity index (χ1) is 16.5. The summed E-state index contributed by atoms with van der Waals surface area (Å²) in [5.41, 5.74) is -2.96. The lowest BCUT2D eigenvalue weighted by Crippen LogP contribution is -2.59. The Labute approximate surface area is 208 Å². The van der Waals surface area contributed by atoms with Crippen LogP contribution in [-0.2, 0) is 22.9 Å². The van der Waals surface area contributed by atoms with E-state index in [4.69, 9.17) is 0 Å². The molecule has 2 aromatic rings. The molecule has 1 aromatic heterocycles. The first-order valence-corrected chi connectivity index (χ1v) is 13.0. The number of likely N-dealkylation sites (N-methyl/N-ethyl adjacent to an activating group) is 1. The van der Waals surface area contributed by atoms with Crippen LogP contribution in [0.15, 0.2) is 30.3 Å². The zero-order chi connectivity index (χ0) is 25.4. The van der Waals surface area contributed by atoms with Gasteiger partial charge in [0, 0.05) is 33.3 Å². The van der Waals surface area contributed by atoms with Crippen LogP contribution >= 0.6 is 9.24 Å². The average Bonchev–Trinajstić information content (AvgIpc) is 3.55. The normalized spacial score (nSPS) is 24.9. The van der Waals surface area contributed by atoms with Crippen molar-refractivity contribution in [3.05, 3.63) is 47.4 Å². The molecule has 192 valence electrons. The van der Waals surface area contributed by atoms with Crippen LogP contribution in [0.25, 0.3) is 0 Å². The Kier molecular flexibility index (Phi) is 7.25. The summed E-state index contributed by atoms with van der Waals surface area (Å²) in [4.78, 5) is 16.3. The number of amides is 1. The number of rotatable bonds is 10. The van der Waals surface area contributed by atoms with E-state index in [9.17, 15) is 18.0 Å². The molecule has 1 heterocycles. The molecule has 2 fully saturated rings. The Morgan fingerprint density at radius 3 is 2.43 bits per heavy atom. The Bertz CT molecular complexity index is 1040. The number of carbonyl (C=O) groups excluding carboxylic acids is 1. The number of alkyl halides is 2. The van der Waals surface area contributed by atoms with Gasteiger partial charge in [0.15, 0.2) is 0 Å². The maximum atomic E-state index is 14.1. The Morgan fingerprint density at radius 1 is 1.23 bits per heavy atom. The van der Waals surface area contributed by atoms with Gasteiger partial charge < -0.3 is 9.80 Å². The summed E-state index contributed by atoms with van der Waals surface area (Å²) in [7, 11) is 5.07. The summed E-state index contributed by atoms with van der Waals surface area (Å²) in [5, 5.41) is 4.01. The molecule has 0 saturated heterocycles. The van der Waals surface area contributed by atoms with Gasteiger partial charge in [-0.1, -0.05) is 28.3 Å². The van der Waals surface area contributed by atoms with E-state index in [2.05, 4.69) is 12.0 Å². The highest BCUT2D eigenvalue weighted by atomic mass is 31.0. The molecule has 0 N–H and O–H groups in total. The third kappa shape index (κ3) is 5.37. The van der Waals surface area contributed by atoms with Gasteiger partial charge in [0.1, 0.15) is 17.3 Å². The molecule has 1 aromatic carbocycles. The van der Waals surface area contributed by atoms with Crippen LogP contribution in [0.2, 0.25) is 0 Å². The summed E-state index contributed by atoms with van der Waals surface area (Å²) >= 11 is 0. The van der Waals surface area contributed by atoms with Gasteiger partial charge in [-0.3, -0.25) is 9.48 Å². The highest BCUT2D eigenvalue weighted by Crippen LogP contribution is 2.48. The quantitative estimate of drug-likeness (QED) is 0.317. The second kappa shape index (κ2) is 9.76. The number of benzene rings is 1. The molecular weight excluding hydrogens is 472 g/mol. The van der Waals surface area contributed by atoms with Crippen molar-refractivity contribution >= 4 is 21.5 Å². The zero-order valence-electron chi connectivity index (χ0n) is 20.8. The van der Waals surface area contributed by atoms with Gasteiger partial charge in [0.05, 0.1) is 5.54 Å². The SMILES string of the molecule is CC[C@]1(c2cccc(F)c2)CC[C@](CN(C)c2cc(C(F)(F)P)nn2C)(N(C=O)CC2CC2)CC1. The molecule has 2 aliphatic carbocycles. The van der Waals surface area contributed by atoms with Crippen LogP contribution in [0.5, 0.6) is 0 Å². The topological polar surface area (TPSA) is 41.4 Å². The van der Waals surface area contributed by atoms with Crippen LogP contribution in [0, 0.1) is 11.7 Å². The highest BCUT2D eigenvalue weighted by molar-refractivity contribution is 7.17. The number of halogens is 3. The molecule has 0 radical (unpaired) electrons. The molecule has 2 saturated carbocycles. The van der Waals surface area contributed by atoms with Crippen LogP contribution in [0.1, 0.15) is 63.1 Å². The number of aromatic nitrogens is 2. The van der Waals surface area contributed by atoms with E-state index in [1.54, 1.807) is 19.2 Å². The van der Waals surface area contributed by atoms with Crippen molar-refractivity contribution in [2.24, 2.45) is 13.0 Å². The van der Waals surface area contributed by atoms with Crippen LogP contribution in [0.3, 0.4) is 0 Å². The van der Waals surface area contributed by atoms with Crippen LogP contribution < -0.4 is 4.90 Å². The van der Waals surface area contributed by atoms with Crippen molar-refractivity contribution in [1.82, 2.24) is 14.7 Å². The Morgan fingerprint density at radius 2 is 1.91 bits per heavy atom. The van der Waals surface area contributed by atoms with Gasteiger partial charge in [-0.15, -0.1) is 0 Å². The summed E-state index contributed by atoms with van der Waals surface area (Å²) in [6.07, 6.45) is 7.31. The predicted molar refractivity (Wildman–Crippen MR) is 135 cm³/mol. The fraction of sp³-hybridized carbons (Fsp3) is 0.615. The summed E-state index contributed by atoms with van der Waals surface area (Å²) in [5.74, 6) is 0.881. The lowest BCUT2D eigenvalue weighted by molar-refractivity contribution is -0.126. The van der Waals surface area contributed by atoms with Crippen molar-refractivity contribution in [1.29, 1.82) is 0 Å². The predicted octanol–water partition coefficient (Wildman–Crippen LogP) is 5.45. The van der Waals surface area contributed by atoms with Crippen LogP contribution in [0.4, 0.5) is 19.0 Å². The maximum absolute atomic E-state index is 14.1. The number of aryl methyl sites for hydroxylation is 1. The lowest BCUT2D eigenvalue weighted by atomic mass is 9.62. The fourth-order valence-electron chi connectivity index (χ4n) is 5.82. The summed E-state index contributed by atoms with van der Waals surface area (Å²) < 4.78 is 43.3. The van der Waals surface area contributed by atoms with E-state index in [1.165, 1.54) is 26.1 Å². The smallest absolute Gasteiger partial charge is 0.302 e. The fourth-order valence-corrected chi connectivity index (χ4v) is 5.96. The number of nitrogens with zero attached hydrogens (tertiary/aromatic N) is 4. The Hall–Kier alpha value is -2.08. The standard InChI is InChI=1S/C26H36F3N4OP/c1-4-24(20-6-5-7-21(27)14-20)10-12-25(13-11-24,33(18-34)16-19-8-9-19)17-31(2)23-15-22(26(28,29)35)30-32(23)3/h5-7,14-15,18-19H,4,8-13,16-17,35H2,1-3H3/t24-,25-. The number of carbonyl (C=O) groups is 1. The molecule has 0 aliphatic heterocycles. The van der Waals surface area contributed by atoms with Gasteiger partial charge in [0.25, 0.3) is 0 Å². The number of hydrogen-bond donors (Lipinski definition) is 0. The van der Waals surface area contributed by atoms with Crippen LogP contribution in [-0.4, -0.2) is 46.8 Å². The molecule has 0 bridgehead atoms. The third-order valence-electron chi connectivity index (χ3n) is 8.26. The zero-order valence-corrected chi connectivity index (χ0v) is 22.0. The van der Waals surface area contributed by atoms with Gasteiger partial charge in [-0.25, -0.2) is 4.39 Å². The molecule has 35 heavy (non-hydrogen) atoms. The minimum Gasteiger partial charge on any atom is -0.358 e. The average molecular weight is 509 g/mol. The summed E-state index contributed by atoms with van der Waals surface area (Å²) in [6, 6.07) is 8.31. The molecule has 0 spiro atoms. The maximum Gasteiger partial charge on any atom is 0.302 e. The number of hydrogen-bond acceptors (Lipinski definition) is 3. The molecule has 9 heteroatoms. The van der Waals surface area contributed by atoms with Crippen molar-refractivity contribution in [3.63, 3.8) is 0 Å². The molecule has 5 nitrogen and oxygen atoms in total. The van der Waals surface area contributed by atoms with Crippen molar-refractivity contribution in [2.75, 3.05) is 25.0 Å². The highest BCUT2D eigenvalue weighted by Gasteiger charge is 2.47. The van der Waals surface area contributed by atoms with E-state index in [-0.39, 0.29) is 16.9 Å². The molecular formula is C26H36F3N4OP. The molecule has 2 aliphatic rings.